The second-order valence-corrected chi connectivity index (χ2v) is 8.59. The molecule has 1 amide bonds. The molecule has 1 heterocycles. The number of amides is 1. The van der Waals surface area contributed by atoms with E-state index < -0.39 is 0 Å². The summed E-state index contributed by atoms with van der Waals surface area (Å²) in [5, 5.41) is 15.7. The summed E-state index contributed by atoms with van der Waals surface area (Å²) in [7, 11) is 1.78. The number of benzene rings is 1. The quantitative estimate of drug-likeness (QED) is 0.600. The number of rotatable bonds is 4. The lowest BCUT2D eigenvalue weighted by Gasteiger charge is -2.34. The van der Waals surface area contributed by atoms with Gasteiger partial charge in [0, 0.05) is 50.1 Å². The van der Waals surface area contributed by atoms with Crippen LogP contribution in [0.5, 0.6) is 0 Å². The molecule has 1 aliphatic carbocycles. The molecule has 0 atom stereocenters. The molecule has 0 bridgehead atoms. The molecule has 1 aromatic rings. The van der Waals surface area contributed by atoms with Gasteiger partial charge in [-0.2, -0.15) is 17.0 Å². The Balaban J connectivity index is 1.42. The van der Waals surface area contributed by atoms with Crippen molar-refractivity contribution in [3.63, 3.8) is 0 Å². The largest absolute Gasteiger partial charge is 0.354 e. The van der Waals surface area contributed by atoms with E-state index in [1.165, 1.54) is 0 Å². The van der Waals surface area contributed by atoms with Crippen molar-refractivity contribution in [2.45, 2.75) is 38.3 Å². The van der Waals surface area contributed by atoms with Crippen LogP contribution in [0.4, 0.5) is 0 Å². The molecule has 6 nitrogen and oxygen atoms in total. The number of nitriles is 1. The molecular formula is C21H29N5OS. The number of guanidine groups is 1. The molecular weight excluding hydrogens is 370 g/mol. The Morgan fingerprint density at radius 3 is 2.50 bits per heavy atom. The van der Waals surface area contributed by atoms with Crippen LogP contribution >= 0.6 is 11.8 Å². The molecule has 28 heavy (non-hydrogen) atoms. The molecule has 1 saturated heterocycles. The monoisotopic (exact) mass is 399 g/mol. The first-order valence-electron chi connectivity index (χ1n) is 10.0. The molecule has 2 aliphatic rings. The minimum atomic E-state index is 0.190. The Hall–Kier alpha value is -2.20. The van der Waals surface area contributed by atoms with E-state index in [-0.39, 0.29) is 5.92 Å². The van der Waals surface area contributed by atoms with Crippen LogP contribution in [0.15, 0.2) is 29.3 Å². The Labute approximate surface area is 171 Å². The minimum Gasteiger partial charge on any atom is -0.354 e. The summed E-state index contributed by atoms with van der Waals surface area (Å²) in [5.41, 5.74) is 1.77. The number of carbonyl (C=O) groups is 1. The minimum absolute atomic E-state index is 0.190. The maximum absolute atomic E-state index is 12.7. The van der Waals surface area contributed by atoms with Gasteiger partial charge in [0.1, 0.15) is 0 Å². The van der Waals surface area contributed by atoms with E-state index in [0.717, 1.165) is 61.8 Å². The zero-order valence-electron chi connectivity index (χ0n) is 16.5. The van der Waals surface area contributed by atoms with E-state index in [4.69, 9.17) is 5.26 Å². The highest BCUT2D eigenvalue weighted by Gasteiger charge is 2.30. The fourth-order valence-electron chi connectivity index (χ4n) is 3.80. The van der Waals surface area contributed by atoms with Crippen LogP contribution in [-0.4, -0.2) is 54.5 Å². The first-order valence-corrected chi connectivity index (χ1v) is 11.2. The summed E-state index contributed by atoms with van der Waals surface area (Å²) < 4.78 is 0. The SMILES string of the molecule is CN=C(NCc1ccc(C#N)cc1)NC1CCC(C(=O)N2CCSCC2)CC1. The summed E-state index contributed by atoms with van der Waals surface area (Å²) in [6.07, 6.45) is 3.90. The second kappa shape index (κ2) is 10.4. The van der Waals surface area contributed by atoms with Gasteiger partial charge < -0.3 is 15.5 Å². The highest BCUT2D eigenvalue weighted by atomic mass is 32.2. The van der Waals surface area contributed by atoms with Crippen molar-refractivity contribution in [2.24, 2.45) is 10.9 Å². The van der Waals surface area contributed by atoms with Gasteiger partial charge in [0.15, 0.2) is 5.96 Å². The molecule has 2 N–H and O–H groups in total. The summed E-state index contributed by atoms with van der Waals surface area (Å²) in [4.78, 5) is 19.1. The Morgan fingerprint density at radius 1 is 1.21 bits per heavy atom. The van der Waals surface area contributed by atoms with Gasteiger partial charge in [-0.05, 0) is 43.4 Å². The predicted octanol–water partition coefficient (Wildman–Crippen LogP) is 2.36. The van der Waals surface area contributed by atoms with E-state index in [1.807, 2.05) is 36.0 Å². The van der Waals surface area contributed by atoms with Gasteiger partial charge >= 0.3 is 0 Å². The lowest BCUT2D eigenvalue weighted by atomic mass is 9.85. The van der Waals surface area contributed by atoms with Crippen molar-refractivity contribution >= 4 is 23.6 Å². The molecule has 150 valence electrons. The zero-order chi connectivity index (χ0) is 19.8. The van der Waals surface area contributed by atoms with Crippen molar-refractivity contribution in [3.05, 3.63) is 35.4 Å². The van der Waals surface area contributed by atoms with Gasteiger partial charge in [0.25, 0.3) is 0 Å². The van der Waals surface area contributed by atoms with E-state index in [1.54, 1.807) is 7.05 Å². The van der Waals surface area contributed by atoms with Crippen molar-refractivity contribution in [2.75, 3.05) is 31.6 Å². The van der Waals surface area contributed by atoms with Gasteiger partial charge in [-0.3, -0.25) is 9.79 Å². The average molecular weight is 400 g/mol. The topological polar surface area (TPSA) is 80.5 Å². The third-order valence-corrected chi connectivity index (χ3v) is 6.45. The number of thioether (sulfide) groups is 1. The van der Waals surface area contributed by atoms with Crippen LogP contribution in [-0.2, 0) is 11.3 Å². The van der Waals surface area contributed by atoms with Crippen LogP contribution in [0.1, 0.15) is 36.8 Å². The summed E-state index contributed by atoms with van der Waals surface area (Å²) >= 11 is 1.94. The van der Waals surface area contributed by atoms with E-state index in [0.29, 0.717) is 24.1 Å². The molecule has 7 heteroatoms. The summed E-state index contributed by atoms with van der Waals surface area (Å²) in [6.45, 7) is 2.48. The van der Waals surface area contributed by atoms with Gasteiger partial charge in [-0.25, -0.2) is 0 Å². The highest BCUT2D eigenvalue weighted by Crippen LogP contribution is 2.27. The second-order valence-electron chi connectivity index (χ2n) is 7.37. The van der Waals surface area contributed by atoms with Crippen molar-refractivity contribution in [1.82, 2.24) is 15.5 Å². The van der Waals surface area contributed by atoms with E-state index in [9.17, 15) is 4.79 Å². The summed E-state index contributed by atoms with van der Waals surface area (Å²) in [6, 6.07) is 10.0. The van der Waals surface area contributed by atoms with Crippen LogP contribution in [0.2, 0.25) is 0 Å². The van der Waals surface area contributed by atoms with Crippen LogP contribution in [0, 0.1) is 17.2 Å². The third-order valence-electron chi connectivity index (χ3n) is 5.51. The molecule has 0 unspecified atom stereocenters. The average Bonchev–Trinajstić information content (AvgIpc) is 2.77. The van der Waals surface area contributed by atoms with Gasteiger partial charge in [-0.1, -0.05) is 12.1 Å². The smallest absolute Gasteiger partial charge is 0.225 e. The maximum Gasteiger partial charge on any atom is 0.225 e. The van der Waals surface area contributed by atoms with Crippen molar-refractivity contribution < 1.29 is 4.79 Å². The fourth-order valence-corrected chi connectivity index (χ4v) is 4.70. The molecule has 0 radical (unpaired) electrons. The van der Waals surface area contributed by atoms with Crippen LogP contribution in [0.3, 0.4) is 0 Å². The Kier molecular flexibility index (Phi) is 7.61. The molecule has 1 aromatic carbocycles. The van der Waals surface area contributed by atoms with Crippen LogP contribution in [0.25, 0.3) is 0 Å². The lowest BCUT2D eigenvalue weighted by Crippen LogP contribution is -2.47. The lowest BCUT2D eigenvalue weighted by molar-refractivity contribution is -0.136. The Morgan fingerprint density at radius 2 is 1.89 bits per heavy atom. The first-order chi connectivity index (χ1) is 13.7. The normalized spacial score (nSPS) is 23.0. The fraction of sp³-hybridized carbons (Fsp3) is 0.571. The molecule has 2 fully saturated rings. The van der Waals surface area contributed by atoms with Gasteiger partial charge in [0.2, 0.25) is 5.91 Å². The number of carbonyl (C=O) groups excluding carboxylic acids is 1. The molecule has 3 rings (SSSR count). The zero-order valence-corrected chi connectivity index (χ0v) is 17.3. The van der Waals surface area contributed by atoms with Gasteiger partial charge in [-0.15, -0.1) is 0 Å². The maximum atomic E-state index is 12.7. The number of nitrogens with zero attached hydrogens (tertiary/aromatic N) is 3. The number of hydrogen-bond donors (Lipinski definition) is 2. The third kappa shape index (κ3) is 5.65. The van der Waals surface area contributed by atoms with E-state index >= 15 is 0 Å². The van der Waals surface area contributed by atoms with Crippen molar-refractivity contribution in [1.29, 1.82) is 5.26 Å². The predicted molar refractivity (Wildman–Crippen MR) is 114 cm³/mol. The van der Waals surface area contributed by atoms with E-state index in [2.05, 4.69) is 26.6 Å². The first kappa shape index (κ1) is 20.5. The molecule has 1 aliphatic heterocycles. The number of hydrogen-bond acceptors (Lipinski definition) is 4. The number of nitrogens with one attached hydrogen (secondary N) is 2. The highest BCUT2D eigenvalue weighted by molar-refractivity contribution is 7.99. The number of aliphatic imine (C=N–C) groups is 1. The van der Waals surface area contributed by atoms with Crippen molar-refractivity contribution in [3.8, 4) is 6.07 Å². The molecule has 0 spiro atoms. The van der Waals surface area contributed by atoms with Crippen LogP contribution < -0.4 is 10.6 Å². The molecule has 0 aromatic heterocycles. The Bertz CT molecular complexity index is 713. The molecule has 1 saturated carbocycles. The van der Waals surface area contributed by atoms with Gasteiger partial charge in [0.05, 0.1) is 11.6 Å². The standard InChI is InChI=1S/C21H29N5OS/c1-23-21(24-15-17-4-2-16(14-22)3-5-17)25-19-8-6-18(7-9-19)20(27)26-10-12-28-13-11-26/h2-5,18-19H,6-13,15H2,1H3,(H2,23,24,25). The summed E-state index contributed by atoms with van der Waals surface area (Å²) in [5.74, 6) is 3.48.